The van der Waals surface area contributed by atoms with Crippen LogP contribution in [0.15, 0.2) is 29.2 Å². The molecule has 1 saturated carbocycles. The number of hydrogen-bond donors (Lipinski definition) is 0. The van der Waals surface area contributed by atoms with Gasteiger partial charge in [0.1, 0.15) is 4.32 Å². The number of hydrogen-bond acceptors (Lipinski definition) is 3. The zero-order chi connectivity index (χ0) is 13.4. The summed E-state index contributed by atoms with van der Waals surface area (Å²) in [6, 6.07) is 7.43. The molecule has 0 N–H and O–H groups in total. The molecule has 1 aromatic carbocycles. The first-order valence-electron chi connectivity index (χ1n) is 6.14. The SMILES string of the molecule is O=C1/C(=C/c2ccc(Cl)cc2)SC(=S)N1CC1CC1. The van der Waals surface area contributed by atoms with E-state index in [2.05, 4.69) is 0 Å². The van der Waals surface area contributed by atoms with Gasteiger partial charge in [0.25, 0.3) is 5.91 Å². The highest BCUT2D eigenvalue weighted by molar-refractivity contribution is 8.26. The molecule has 1 heterocycles. The molecule has 1 amide bonds. The number of thioether (sulfide) groups is 1. The van der Waals surface area contributed by atoms with Gasteiger partial charge < -0.3 is 0 Å². The lowest BCUT2D eigenvalue weighted by atomic mass is 10.2. The maximum atomic E-state index is 12.3. The van der Waals surface area contributed by atoms with E-state index in [0.717, 1.165) is 12.1 Å². The molecule has 0 bridgehead atoms. The van der Waals surface area contributed by atoms with Crippen LogP contribution in [0.25, 0.3) is 6.08 Å². The van der Waals surface area contributed by atoms with Crippen molar-refractivity contribution in [3.63, 3.8) is 0 Å². The lowest BCUT2D eigenvalue weighted by Crippen LogP contribution is -2.30. The van der Waals surface area contributed by atoms with Gasteiger partial charge in [-0.3, -0.25) is 9.69 Å². The summed E-state index contributed by atoms with van der Waals surface area (Å²) in [6.45, 7) is 0.780. The maximum Gasteiger partial charge on any atom is 0.266 e. The fourth-order valence-electron chi connectivity index (χ4n) is 1.93. The quantitative estimate of drug-likeness (QED) is 0.623. The second kappa shape index (κ2) is 5.27. The number of carbonyl (C=O) groups is 1. The predicted octanol–water partition coefficient (Wildman–Crippen LogP) is 3.95. The first-order chi connectivity index (χ1) is 9.13. The van der Waals surface area contributed by atoms with Gasteiger partial charge in [0, 0.05) is 11.6 Å². The standard InChI is InChI=1S/C14H12ClNOS2/c15-11-5-3-9(4-6-11)7-12-13(17)16(14(18)19-12)8-10-1-2-10/h3-7,10H,1-2,8H2/b12-7-. The first-order valence-corrected chi connectivity index (χ1v) is 7.75. The van der Waals surface area contributed by atoms with E-state index >= 15 is 0 Å². The van der Waals surface area contributed by atoms with Crippen molar-refractivity contribution in [2.45, 2.75) is 12.8 Å². The zero-order valence-corrected chi connectivity index (χ0v) is 12.5. The molecule has 5 heteroatoms. The van der Waals surface area contributed by atoms with E-state index < -0.39 is 0 Å². The molecule has 3 rings (SSSR count). The minimum absolute atomic E-state index is 0.0387. The van der Waals surface area contributed by atoms with Crippen LogP contribution in [0.5, 0.6) is 0 Å². The Bertz CT molecular complexity index is 563. The van der Waals surface area contributed by atoms with Crippen molar-refractivity contribution < 1.29 is 4.79 Å². The summed E-state index contributed by atoms with van der Waals surface area (Å²) in [5.74, 6) is 0.689. The average Bonchev–Trinajstić information content (AvgIpc) is 3.16. The number of halogens is 1. The molecule has 2 nitrogen and oxygen atoms in total. The molecule has 0 unspecified atom stereocenters. The molecule has 1 saturated heterocycles. The van der Waals surface area contributed by atoms with Gasteiger partial charge in [-0.2, -0.15) is 0 Å². The number of benzene rings is 1. The van der Waals surface area contributed by atoms with Crippen LogP contribution in [-0.2, 0) is 4.79 Å². The van der Waals surface area contributed by atoms with Crippen molar-refractivity contribution in [1.82, 2.24) is 4.90 Å². The minimum Gasteiger partial charge on any atom is -0.293 e. The molecule has 1 aliphatic heterocycles. The highest BCUT2D eigenvalue weighted by atomic mass is 35.5. The fourth-order valence-corrected chi connectivity index (χ4v) is 3.33. The highest BCUT2D eigenvalue weighted by Gasteiger charge is 2.36. The van der Waals surface area contributed by atoms with Gasteiger partial charge in [0.2, 0.25) is 0 Å². The number of carbonyl (C=O) groups excluding carboxylic acids is 1. The van der Waals surface area contributed by atoms with Crippen LogP contribution in [0.2, 0.25) is 5.02 Å². The number of amides is 1. The topological polar surface area (TPSA) is 20.3 Å². The monoisotopic (exact) mass is 309 g/mol. The molecule has 2 aliphatic rings. The van der Waals surface area contributed by atoms with Crippen LogP contribution in [0.1, 0.15) is 18.4 Å². The van der Waals surface area contributed by atoms with Gasteiger partial charge in [-0.05, 0) is 42.5 Å². The second-order valence-corrected chi connectivity index (χ2v) is 6.90. The van der Waals surface area contributed by atoms with E-state index in [1.54, 1.807) is 4.90 Å². The Morgan fingerprint density at radius 1 is 1.37 bits per heavy atom. The number of rotatable bonds is 3. The summed E-state index contributed by atoms with van der Waals surface area (Å²) < 4.78 is 0.678. The van der Waals surface area contributed by atoms with Crippen molar-refractivity contribution in [1.29, 1.82) is 0 Å². The van der Waals surface area contributed by atoms with Crippen molar-refractivity contribution in [3.05, 3.63) is 39.8 Å². The number of thiocarbonyl (C=S) groups is 1. The predicted molar refractivity (Wildman–Crippen MR) is 84.1 cm³/mol. The average molecular weight is 310 g/mol. The van der Waals surface area contributed by atoms with E-state index in [1.807, 2.05) is 30.3 Å². The van der Waals surface area contributed by atoms with Gasteiger partial charge in [0.05, 0.1) is 4.91 Å². The Balaban J connectivity index is 1.79. The molecule has 0 radical (unpaired) electrons. The lowest BCUT2D eigenvalue weighted by molar-refractivity contribution is -0.122. The molecule has 0 spiro atoms. The van der Waals surface area contributed by atoms with E-state index in [1.165, 1.54) is 24.6 Å². The first kappa shape index (κ1) is 13.2. The summed E-state index contributed by atoms with van der Waals surface area (Å²) in [4.78, 5) is 14.7. The Morgan fingerprint density at radius 3 is 2.68 bits per heavy atom. The molecule has 0 aromatic heterocycles. The summed E-state index contributed by atoms with van der Waals surface area (Å²) in [5.41, 5.74) is 0.969. The summed E-state index contributed by atoms with van der Waals surface area (Å²) >= 11 is 12.5. The summed E-state index contributed by atoms with van der Waals surface area (Å²) in [6.07, 6.45) is 4.31. The third kappa shape index (κ3) is 3.02. The van der Waals surface area contributed by atoms with Crippen molar-refractivity contribution in [2.75, 3.05) is 6.54 Å². The van der Waals surface area contributed by atoms with E-state index in [-0.39, 0.29) is 5.91 Å². The maximum absolute atomic E-state index is 12.3. The van der Waals surface area contributed by atoms with E-state index in [4.69, 9.17) is 23.8 Å². The van der Waals surface area contributed by atoms with Gasteiger partial charge in [-0.1, -0.05) is 47.7 Å². The minimum atomic E-state index is 0.0387. The Labute approximate surface area is 126 Å². The summed E-state index contributed by atoms with van der Waals surface area (Å²) in [5, 5.41) is 0.693. The Hall–Kier alpha value is -0.840. The smallest absolute Gasteiger partial charge is 0.266 e. The van der Waals surface area contributed by atoms with E-state index in [0.29, 0.717) is 20.2 Å². The molecular formula is C14H12ClNOS2. The van der Waals surface area contributed by atoms with Crippen LogP contribution in [0, 0.1) is 5.92 Å². The third-order valence-electron chi connectivity index (χ3n) is 3.18. The zero-order valence-electron chi connectivity index (χ0n) is 10.1. The van der Waals surface area contributed by atoms with Gasteiger partial charge in [-0.25, -0.2) is 0 Å². The molecule has 0 atom stereocenters. The van der Waals surface area contributed by atoms with Crippen LogP contribution in [0.3, 0.4) is 0 Å². The van der Waals surface area contributed by atoms with Crippen LogP contribution >= 0.6 is 35.6 Å². The third-order valence-corrected chi connectivity index (χ3v) is 4.81. The second-order valence-electron chi connectivity index (χ2n) is 4.79. The lowest BCUT2D eigenvalue weighted by Gasteiger charge is -2.12. The molecule has 1 aliphatic carbocycles. The van der Waals surface area contributed by atoms with Gasteiger partial charge in [-0.15, -0.1) is 0 Å². The van der Waals surface area contributed by atoms with Gasteiger partial charge >= 0.3 is 0 Å². The highest BCUT2D eigenvalue weighted by Crippen LogP contribution is 2.37. The molecule has 98 valence electrons. The van der Waals surface area contributed by atoms with Gasteiger partial charge in [0.15, 0.2) is 0 Å². The number of nitrogens with zero attached hydrogens (tertiary/aromatic N) is 1. The molecule has 1 aromatic rings. The van der Waals surface area contributed by atoms with Crippen LogP contribution in [0.4, 0.5) is 0 Å². The van der Waals surface area contributed by atoms with Crippen molar-refractivity contribution in [2.24, 2.45) is 5.92 Å². The van der Waals surface area contributed by atoms with Crippen LogP contribution in [-0.4, -0.2) is 21.7 Å². The Morgan fingerprint density at radius 2 is 2.05 bits per heavy atom. The molecule has 19 heavy (non-hydrogen) atoms. The van der Waals surface area contributed by atoms with Crippen molar-refractivity contribution in [3.8, 4) is 0 Å². The Kier molecular flexibility index (Phi) is 3.65. The summed E-state index contributed by atoms with van der Waals surface area (Å²) in [7, 11) is 0. The normalized spacial score (nSPS) is 21.5. The fraction of sp³-hybridized carbons (Fsp3) is 0.286. The molecular weight excluding hydrogens is 298 g/mol. The molecule has 2 fully saturated rings. The van der Waals surface area contributed by atoms with Crippen molar-refractivity contribution >= 4 is 51.9 Å². The van der Waals surface area contributed by atoms with Crippen LogP contribution < -0.4 is 0 Å². The largest absolute Gasteiger partial charge is 0.293 e. The van der Waals surface area contributed by atoms with E-state index in [9.17, 15) is 4.79 Å².